The van der Waals surface area contributed by atoms with Gasteiger partial charge in [-0.05, 0) is 30.0 Å². The quantitative estimate of drug-likeness (QED) is 0.853. The smallest absolute Gasteiger partial charge is 0.307 e. The van der Waals surface area contributed by atoms with Gasteiger partial charge in [0.2, 0.25) is 5.88 Å². The van der Waals surface area contributed by atoms with E-state index in [1.165, 1.54) is 25.7 Å². The zero-order chi connectivity index (χ0) is 15.4. The Kier molecular flexibility index (Phi) is 4.83. The summed E-state index contributed by atoms with van der Waals surface area (Å²) >= 11 is 1.05. The molecule has 1 aromatic heterocycles. The lowest BCUT2D eigenvalue weighted by molar-refractivity contribution is 0.279. The summed E-state index contributed by atoms with van der Waals surface area (Å²) in [6.07, 6.45) is 7.15. The van der Waals surface area contributed by atoms with Crippen LogP contribution in [0.1, 0.15) is 42.5 Å². The number of ether oxygens (including phenoxy) is 1. The van der Waals surface area contributed by atoms with Gasteiger partial charge < -0.3 is 9.84 Å². The highest BCUT2D eigenvalue weighted by atomic mass is 32.1. The number of H-pyrrole nitrogens is 1. The second kappa shape index (κ2) is 7.01. The van der Waals surface area contributed by atoms with Crippen molar-refractivity contribution in [1.82, 2.24) is 4.98 Å². The zero-order valence-electron chi connectivity index (χ0n) is 12.5. The Morgan fingerprint density at radius 1 is 1.23 bits per heavy atom. The SMILES string of the molecule is O=c1[nH]c(O)c(Cc2ccc(OCCC3CCCC3)cc2)s1. The molecule has 0 atom stereocenters. The van der Waals surface area contributed by atoms with Crippen LogP contribution in [0.15, 0.2) is 29.1 Å². The van der Waals surface area contributed by atoms with E-state index in [4.69, 9.17) is 4.74 Å². The highest BCUT2D eigenvalue weighted by molar-refractivity contribution is 7.09. The number of rotatable bonds is 6. The van der Waals surface area contributed by atoms with E-state index in [0.29, 0.717) is 11.3 Å². The van der Waals surface area contributed by atoms with Gasteiger partial charge in [-0.1, -0.05) is 49.2 Å². The molecule has 2 aromatic rings. The van der Waals surface area contributed by atoms with Gasteiger partial charge in [0.15, 0.2) is 0 Å². The van der Waals surface area contributed by atoms with Crippen molar-refractivity contribution >= 4 is 11.3 Å². The van der Waals surface area contributed by atoms with Crippen LogP contribution in [0.25, 0.3) is 0 Å². The van der Waals surface area contributed by atoms with Crippen LogP contribution in [0.5, 0.6) is 11.6 Å². The summed E-state index contributed by atoms with van der Waals surface area (Å²) in [6.45, 7) is 0.782. The van der Waals surface area contributed by atoms with E-state index in [-0.39, 0.29) is 10.8 Å². The Hall–Kier alpha value is -1.75. The van der Waals surface area contributed by atoms with Crippen LogP contribution < -0.4 is 9.61 Å². The monoisotopic (exact) mass is 319 g/mol. The number of benzene rings is 1. The average Bonchev–Trinajstić information content (AvgIpc) is 3.11. The van der Waals surface area contributed by atoms with Crippen molar-refractivity contribution in [3.05, 3.63) is 44.4 Å². The van der Waals surface area contributed by atoms with E-state index in [1.807, 2.05) is 24.3 Å². The largest absolute Gasteiger partial charge is 0.494 e. The van der Waals surface area contributed by atoms with E-state index in [0.717, 1.165) is 41.6 Å². The summed E-state index contributed by atoms with van der Waals surface area (Å²) in [4.78, 5) is 14.0. The first-order chi connectivity index (χ1) is 10.7. The molecule has 0 aliphatic heterocycles. The molecule has 4 nitrogen and oxygen atoms in total. The molecule has 0 saturated heterocycles. The first kappa shape index (κ1) is 15.2. The van der Waals surface area contributed by atoms with Crippen molar-refractivity contribution in [3.8, 4) is 11.6 Å². The van der Waals surface area contributed by atoms with E-state index in [9.17, 15) is 9.90 Å². The maximum absolute atomic E-state index is 11.2. The number of aromatic amines is 1. The second-order valence-corrected chi connectivity index (χ2v) is 6.96. The summed E-state index contributed by atoms with van der Waals surface area (Å²) in [6, 6.07) is 7.87. The minimum absolute atomic E-state index is 0.0214. The Labute approximate surface area is 133 Å². The fourth-order valence-electron chi connectivity index (χ4n) is 3.00. The molecule has 2 N–H and O–H groups in total. The van der Waals surface area contributed by atoms with Crippen LogP contribution in [0, 0.1) is 5.92 Å². The van der Waals surface area contributed by atoms with E-state index >= 15 is 0 Å². The highest BCUT2D eigenvalue weighted by Gasteiger charge is 2.14. The predicted molar refractivity (Wildman–Crippen MR) is 87.9 cm³/mol. The molecule has 118 valence electrons. The molecule has 0 radical (unpaired) electrons. The van der Waals surface area contributed by atoms with Crippen molar-refractivity contribution in [1.29, 1.82) is 0 Å². The number of nitrogens with one attached hydrogen (secondary N) is 1. The molecule has 3 rings (SSSR count). The fourth-order valence-corrected chi connectivity index (χ4v) is 3.76. The Morgan fingerprint density at radius 3 is 2.59 bits per heavy atom. The molecule has 0 amide bonds. The molecule has 22 heavy (non-hydrogen) atoms. The van der Waals surface area contributed by atoms with Gasteiger partial charge in [-0.3, -0.25) is 9.78 Å². The van der Waals surface area contributed by atoms with Gasteiger partial charge in [0, 0.05) is 6.42 Å². The normalized spacial score (nSPS) is 15.3. The van der Waals surface area contributed by atoms with Crippen molar-refractivity contribution in [2.75, 3.05) is 6.61 Å². The minimum Gasteiger partial charge on any atom is -0.494 e. The van der Waals surface area contributed by atoms with Crippen molar-refractivity contribution in [2.24, 2.45) is 5.92 Å². The van der Waals surface area contributed by atoms with Crippen molar-refractivity contribution in [2.45, 2.75) is 38.5 Å². The van der Waals surface area contributed by atoms with Crippen LogP contribution in [-0.2, 0) is 6.42 Å². The van der Waals surface area contributed by atoms with Crippen LogP contribution >= 0.6 is 11.3 Å². The number of aromatic hydroxyl groups is 1. The van der Waals surface area contributed by atoms with Crippen molar-refractivity contribution < 1.29 is 9.84 Å². The molecule has 0 unspecified atom stereocenters. The maximum atomic E-state index is 11.2. The lowest BCUT2D eigenvalue weighted by Crippen LogP contribution is -2.03. The summed E-state index contributed by atoms with van der Waals surface area (Å²) in [5, 5.41) is 9.60. The summed E-state index contributed by atoms with van der Waals surface area (Å²) in [5.74, 6) is 1.71. The van der Waals surface area contributed by atoms with E-state index in [2.05, 4.69) is 4.98 Å². The predicted octanol–water partition coefficient (Wildman–Crippen LogP) is 3.69. The molecule has 1 aromatic carbocycles. The third-order valence-corrected chi connectivity index (χ3v) is 5.13. The van der Waals surface area contributed by atoms with Crippen LogP contribution in [0.2, 0.25) is 0 Å². The first-order valence-electron chi connectivity index (χ1n) is 7.83. The van der Waals surface area contributed by atoms with Crippen LogP contribution in [0.3, 0.4) is 0 Å². The number of aromatic nitrogens is 1. The Bertz CT molecular complexity index is 653. The molecule has 1 aliphatic rings. The number of hydrogen-bond donors (Lipinski definition) is 2. The zero-order valence-corrected chi connectivity index (χ0v) is 13.3. The topological polar surface area (TPSA) is 62.3 Å². The Balaban J connectivity index is 1.51. The molecular formula is C17H21NO3S. The fraction of sp³-hybridized carbons (Fsp3) is 0.471. The van der Waals surface area contributed by atoms with Gasteiger partial charge >= 0.3 is 4.87 Å². The molecule has 0 bridgehead atoms. The first-order valence-corrected chi connectivity index (χ1v) is 8.65. The molecule has 1 heterocycles. The third kappa shape index (κ3) is 3.91. The molecule has 5 heteroatoms. The van der Waals surface area contributed by atoms with Gasteiger partial charge in [-0.2, -0.15) is 0 Å². The van der Waals surface area contributed by atoms with Gasteiger partial charge in [-0.15, -0.1) is 0 Å². The molecule has 1 fully saturated rings. The van der Waals surface area contributed by atoms with Gasteiger partial charge in [0.05, 0.1) is 11.5 Å². The molecule has 1 aliphatic carbocycles. The Morgan fingerprint density at radius 2 is 1.95 bits per heavy atom. The lowest BCUT2D eigenvalue weighted by atomic mass is 10.1. The number of hydrogen-bond acceptors (Lipinski definition) is 4. The van der Waals surface area contributed by atoms with Crippen LogP contribution in [0.4, 0.5) is 0 Å². The summed E-state index contributed by atoms with van der Waals surface area (Å²) in [5.41, 5.74) is 1.05. The third-order valence-electron chi connectivity index (χ3n) is 4.26. The van der Waals surface area contributed by atoms with Gasteiger partial charge in [-0.25, -0.2) is 0 Å². The van der Waals surface area contributed by atoms with E-state index < -0.39 is 0 Å². The molecule has 0 spiro atoms. The number of thiazole rings is 1. The average molecular weight is 319 g/mol. The van der Waals surface area contributed by atoms with E-state index in [1.54, 1.807) is 0 Å². The standard InChI is InChI=1S/C17H21NO3S/c19-16-15(22-17(20)18-16)11-13-5-7-14(8-6-13)21-10-9-12-3-1-2-4-12/h5-8,12,19H,1-4,9-11H2,(H,18,20). The molecule has 1 saturated carbocycles. The lowest BCUT2D eigenvalue weighted by Gasteiger charge is -2.10. The maximum Gasteiger partial charge on any atom is 0.307 e. The highest BCUT2D eigenvalue weighted by Crippen LogP contribution is 2.27. The molecular weight excluding hydrogens is 298 g/mol. The van der Waals surface area contributed by atoms with Gasteiger partial charge in [0.25, 0.3) is 0 Å². The summed E-state index contributed by atoms with van der Waals surface area (Å²) in [7, 11) is 0. The summed E-state index contributed by atoms with van der Waals surface area (Å²) < 4.78 is 5.80. The van der Waals surface area contributed by atoms with Crippen LogP contribution in [-0.4, -0.2) is 16.7 Å². The van der Waals surface area contributed by atoms with Crippen molar-refractivity contribution in [3.63, 3.8) is 0 Å². The second-order valence-electron chi connectivity index (χ2n) is 5.89. The minimum atomic E-state index is -0.223. The van der Waals surface area contributed by atoms with Gasteiger partial charge in [0.1, 0.15) is 5.75 Å².